The highest BCUT2D eigenvalue weighted by Gasteiger charge is 2.08. The van der Waals surface area contributed by atoms with Crippen LogP contribution in [0.4, 0.5) is 11.4 Å². The van der Waals surface area contributed by atoms with Gasteiger partial charge in [0.1, 0.15) is 0 Å². The van der Waals surface area contributed by atoms with E-state index < -0.39 is 0 Å². The van der Waals surface area contributed by atoms with Crippen molar-refractivity contribution in [3.05, 3.63) is 66.4 Å². The molecule has 5 nitrogen and oxygen atoms in total. The summed E-state index contributed by atoms with van der Waals surface area (Å²) in [5.74, 6) is 1.44. The molecule has 0 amide bonds. The predicted octanol–water partition coefficient (Wildman–Crippen LogP) is 5.24. The third-order valence-corrected chi connectivity index (χ3v) is 4.99. The van der Waals surface area contributed by atoms with E-state index >= 15 is 0 Å². The number of anilines is 2. The molecule has 0 unspecified atom stereocenters. The molecule has 148 valence electrons. The number of hydrogen-bond acceptors (Lipinski definition) is 5. The highest BCUT2D eigenvalue weighted by atomic mass is 16.5. The molecule has 0 radical (unpaired) electrons. The fraction of sp³-hybridized carbons (Fsp3) is 0.208. The summed E-state index contributed by atoms with van der Waals surface area (Å²) in [6.45, 7) is 3.58. The Morgan fingerprint density at radius 3 is 2.41 bits per heavy atom. The molecule has 3 aromatic carbocycles. The smallest absolute Gasteiger partial charge is 0.162 e. The minimum Gasteiger partial charge on any atom is -0.493 e. The Balaban J connectivity index is 1.49. The normalized spacial score (nSPS) is 10.9. The zero-order valence-corrected chi connectivity index (χ0v) is 17.0. The summed E-state index contributed by atoms with van der Waals surface area (Å²) in [6, 6.07) is 20.6. The largest absolute Gasteiger partial charge is 0.493 e. The Kier molecular flexibility index (Phi) is 5.38. The Labute approximate surface area is 170 Å². The van der Waals surface area contributed by atoms with Crippen LogP contribution in [-0.2, 0) is 0 Å². The molecular formula is C24H25N3O2. The van der Waals surface area contributed by atoms with E-state index in [0.717, 1.165) is 46.8 Å². The third kappa shape index (κ3) is 3.90. The van der Waals surface area contributed by atoms with E-state index in [1.807, 2.05) is 25.1 Å². The Morgan fingerprint density at radius 2 is 1.59 bits per heavy atom. The van der Waals surface area contributed by atoms with Crippen molar-refractivity contribution in [1.29, 1.82) is 0 Å². The standard InChI is InChI=1S/C24H25N3O2/c1-16-14-21(20-10-8-17-6-4-5-7-19(17)24(20)27-16)26-13-12-25-18-9-11-22(28-2)23(15-18)29-3/h4-11,14-15,25H,12-13H2,1-3H3,(H,26,27). The summed E-state index contributed by atoms with van der Waals surface area (Å²) in [4.78, 5) is 4.79. The van der Waals surface area contributed by atoms with Crippen molar-refractivity contribution in [2.24, 2.45) is 0 Å². The molecule has 29 heavy (non-hydrogen) atoms. The average Bonchev–Trinajstić information content (AvgIpc) is 2.76. The molecule has 0 fully saturated rings. The monoisotopic (exact) mass is 387 g/mol. The number of hydrogen-bond donors (Lipinski definition) is 2. The molecule has 0 aliphatic carbocycles. The van der Waals surface area contributed by atoms with E-state index in [-0.39, 0.29) is 0 Å². The van der Waals surface area contributed by atoms with Crippen molar-refractivity contribution in [3.63, 3.8) is 0 Å². The molecular weight excluding hydrogens is 362 g/mol. The van der Waals surface area contributed by atoms with Gasteiger partial charge >= 0.3 is 0 Å². The van der Waals surface area contributed by atoms with Crippen LogP contribution in [0.25, 0.3) is 21.7 Å². The van der Waals surface area contributed by atoms with Crippen LogP contribution < -0.4 is 20.1 Å². The molecule has 4 aromatic rings. The molecule has 1 heterocycles. The predicted molar refractivity (Wildman–Crippen MR) is 121 cm³/mol. The SMILES string of the molecule is COc1ccc(NCCNc2cc(C)nc3c2ccc2ccccc23)cc1OC. The summed E-state index contributed by atoms with van der Waals surface area (Å²) >= 11 is 0. The Hall–Kier alpha value is -3.47. The van der Waals surface area contributed by atoms with Crippen molar-refractivity contribution < 1.29 is 9.47 Å². The molecule has 0 spiro atoms. The second-order valence-electron chi connectivity index (χ2n) is 6.92. The van der Waals surface area contributed by atoms with Crippen molar-refractivity contribution >= 4 is 33.1 Å². The number of aryl methyl sites for hydroxylation is 1. The Bertz CT molecular complexity index is 1160. The van der Waals surface area contributed by atoms with E-state index in [1.54, 1.807) is 14.2 Å². The molecule has 0 aliphatic heterocycles. The number of ether oxygens (including phenoxy) is 2. The van der Waals surface area contributed by atoms with Gasteiger partial charge in [-0.15, -0.1) is 0 Å². The number of benzene rings is 3. The van der Waals surface area contributed by atoms with Crippen molar-refractivity contribution in [2.45, 2.75) is 6.92 Å². The van der Waals surface area contributed by atoms with Gasteiger partial charge in [0.25, 0.3) is 0 Å². The van der Waals surface area contributed by atoms with E-state index in [4.69, 9.17) is 14.5 Å². The summed E-state index contributed by atoms with van der Waals surface area (Å²) in [5, 5.41) is 10.5. The third-order valence-electron chi connectivity index (χ3n) is 4.99. The topological polar surface area (TPSA) is 55.4 Å². The molecule has 0 atom stereocenters. The Morgan fingerprint density at radius 1 is 0.793 bits per heavy atom. The molecule has 0 saturated carbocycles. The quantitative estimate of drug-likeness (QED) is 0.336. The van der Waals surface area contributed by atoms with Gasteiger partial charge in [0.15, 0.2) is 11.5 Å². The highest BCUT2D eigenvalue weighted by molar-refractivity contribution is 6.09. The van der Waals surface area contributed by atoms with Gasteiger partial charge < -0.3 is 20.1 Å². The number of aromatic nitrogens is 1. The first-order chi connectivity index (χ1) is 14.2. The van der Waals surface area contributed by atoms with Gasteiger partial charge in [0.05, 0.1) is 19.7 Å². The van der Waals surface area contributed by atoms with Gasteiger partial charge in [0.2, 0.25) is 0 Å². The molecule has 0 aliphatic rings. The first-order valence-electron chi connectivity index (χ1n) is 9.68. The van der Waals surface area contributed by atoms with Gasteiger partial charge in [-0.05, 0) is 30.5 Å². The number of fused-ring (bicyclic) bond motifs is 3. The minimum atomic E-state index is 0.716. The number of nitrogens with zero attached hydrogens (tertiary/aromatic N) is 1. The van der Waals surface area contributed by atoms with Gasteiger partial charge in [0, 0.05) is 47.0 Å². The van der Waals surface area contributed by atoms with Gasteiger partial charge in [-0.3, -0.25) is 4.98 Å². The first kappa shape index (κ1) is 18.9. The maximum Gasteiger partial charge on any atom is 0.162 e. The van der Waals surface area contributed by atoms with Gasteiger partial charge in [-0.25, -0.2) is 0 Å². The number of methoxy groups -OCH3 is 2. The molecule has 5 heteroatoms. The van der Waals surface area contributed by atoms with Crippen LogP contribution in [0.5, 0.6) is 11.5 Å². The lowest BCUT2D eigenvalue weighted by Gasteiger charge is -2.14. The van der Waals surface area contributed by atoms with E-state index in [9.17, 15) is 0 Å². The molecule has 0 saturated heterocycles. The summed E-state index contributed by atoms with van der Waals surface area (Å²) in [6.07, 6.45) is 0. The zero-order chi connectivity index (χ0) is 20.2. The molecule has 2 N–H and O–H groups in total. The van der Waals surface area contributed by atoms with Crippen molar-refractivity contribution in [3.8, 4) is 11.5 Å². The summed E-state index contributed by atoms with van der Waals surface area (Å²) in [7, 11) is 3.28. The maximum absolute atomic E-state index is 5.36. The van der Waals surface area contributed by atoms with Crippen LogP contribution in [0.15, 0.2) is 60.7 Å². The molecule has 1 aromatic heterocycles. The van der Waals surface area contributed by atoms with Crippen molar-refractivity contribution in [2.75, 3.05) is 37.9 Å². The van der Waals surface area contributed by atoms with Crippen LogP contribution in [0, 0.1) is 6.92 Å². The van der Waals surface area contributed by atoms with Crippen LogP contribution in [0.1, 0.15) is 5.69 Å². The first-order valence-corrected chi connectivity index (χ1v) is 9.68. The number of pyridine rings is 1. The van der Waals surface area contributed by atoms with Gasteiger partial charge in [-0.1, -0.05) is 36.4 Å². The van der Waals surface area contributed by atoms with Crippen LogP contribution in [0.2, 0.25) is 0 Å². The summed E-state index contributed by atoms with van der Waals surface area (Å²) in [5.41, 5.74) is 4.14. The van der Waals surface area contributed by atoms with Crippen LogP contribution >= 0.6 is 0 Å². The van der Waals surface area contributed by atoms with Crippen LogP contribution in [0.3, 0.4) is 0 Å². The molecule has 4 rings (SSSR count). The average molecular weight is 387 g/mol. The van der Waals surface area contributed by atoms with E-state index in [0.29, 0.717) is 5.75 Å². The lowest BCUT2D eigenvalue weighted by Crippen LogP contribution is -2.14. The fourth-order valence-electron chi connectivity index (χ4n) is 3.58. The lowest BCUT2D eigenvalue weighted by molar-refractivity contribution is 0.355. The van der Waals surface area contributed by atoms with Gasteiger partial charge in [-0.2, -0.15) is 0 Å². The number of nitrogens with one attached hydrogen (secondary N) is 2. The van der Waals surface area contributed by atoms with E-state index in [1.165, 1.54) is 10.8 Å². The number of rotatable bonds is 7. The van der Waals surface area contributed by atoms with Crippen LogP contribution in [-0.4, -0.2) is 32.3 Å². The molecule has 0 bridgehead atoms. The van der Waals surface area contributed by atoms with E-state index in [2.05, 4.69) is 53.1 Å². The van der Waals surface area contributed by atoms with Crippen molar-refractivity contribution in [1.82, 2.24) is 4.98 Å². The highest BCUT2D eigenvalue weighted by Crippen LogP contribution is 2.31. The zero-order valence-electron chi connectivity index (χ0n) is 17.0. The summed E-state index contributed by atoms with van der Waals surface area (Å²) < 4.78 is 10.6. The lowest BCUT2D eigenvalue weighted by atomic mass is 10.0. The second-order valence-corrected chi connectivity index (χ2v) is 6.92. The second kappa shape index (κ2) is 8.27. The maximum atomic E-state index is 5.36. The minimum absolute atomic E-state index is 0.716. The fourth-order valence-corrected chi connectivity index (χ4v) is 3.58.